The fourth-order valence-corrected chi connectivity index (χ4v) is 9.51. The first-order valence-corrected chi connectivity index (χ1v) is 25.9. The minimum Gasteiger partial charge on any atom is -0.445 e. The number of pyridine rings is 1. The van der Waals surface area contributed by atoms with Gasteiger partial charge in [-0.05, 0) is 97.5 Å². The van der Waals surface area contributed by atoms with Crippen molar-refractivity contribution in [3.8, 4) is 22.5 Å². The monoisotopic (exact) mass is 1030 g/mol. The minimum atomic E-state index is -0.888. The molecule has 2 aliphatic rings. The van der Waals surface area contributed by atoms with Crippen molar-refractivity contribution in [3.05, 3.63) is 137 Å². The number of aryl methyl sites for hydroxylation is 1. The lowest BCUT2D eigenvalue weighted by atomic mass is 9.88. The third-order valence-corrected chi connectivity index (χ3v) is 13.8. The molecule has 2 atom stereocenters. The number of Topliss-reactive ketones (excluding diaryl/α,β-unsaturated/α-hetero) is 2. The number of rotatable bonds is 25. The van der Waals surface area contributed by atoms with Crippen molar-refractivity contribution in [2.24, 2.45) is 17.6 Å². The van der Waals surface area contributed by atoms with Crippen molar-refractivity contribution in [1.29, 1.82) is 0 Å². The van der Waals surface area contributed by atoms with Crippen LogP contribution in [0.3, 0.4) is 0 Å². The summed E-state index contributed by atoms with van der Waals surface area (Å²) in [6.45, 7) is 7.62. The van der Waals surface area contributed by atoms with E-state index in [1.807, 2.05) is 44.3 Å². The molecule has 0 spiro atoms. The zero-order valence-corrected chi connectivity index (χ0v) is 43.2. The van der Waals surface area contributed by atoms with Crippen LogP contribution in [0.4, 0.5) is 15.3 Å². The van der Waals surface area contributed by atoms with Crippen LogP contribution in [0.15, 0.2) is 104 Å². The molecule has 0 bridgehead atoms. The van der Waals surface area contributed by atoms with Crippen molar-refractivity contribution in [3.63, 3.8) is 0 Å². The molecule has 76 heavy (non-hydrogen) atoms. The molecule has 0 fully saturated rings. The number of aromatic nitrogens is 5. The highest BCUT2D eigenvalue weighted by Gasteiger charge is 2.30. The van der Waals surface area contributed by atoms with E-state index in [9.17, 15) is 33.6 Å². The van der Waals surface area contributed by atoms with Gasteiger partial charge in [-0.25, -0.2) is 24.1 Å². The second-order valence-corrected chi connectivity index (χ2v) is 19.8. The molecular formula is C57H65N11O8. The van der Waals surface area contributed by atoms with Gasteiger partial charge in [-0.2, -0.15) is 5.10 Å². The lowest BCUT2D eigenvalue weighted by molar-refractivity contribution is -0.137. The number of carbonyl (C=O) groups excluding carboxylic acids is 7. The quantitative estimate of drug-likeness (QED) is 0.0283. The molecule has 2 aliphatic heterocycles. The van der Waals surface area contributed by atoms with Crippen LogP contribution in [0.2, 0.25) is 0 Å². The standard InChI is InChI=1S/C57H65N11O8/c1-36(2)46(30-45(69)11-5-4-6-25-67-51(71)21-22-52(67)72)55(73)63-47(12-8-24-59-56(58)74)48(70)28-38-13-15-39(16-14-38)34-76-57(75)66-26-23-40-17-19-44(29-43(40)32-66)60-31-49-64-53(41-10-7-9-37(3)27-41)54(65-49)42-18-20-50-61-35-62-68(50)33-42/h7,9-10,13-22,27,29,33,35-36,46-47,60H,4-6,8,11-12,23-26,28,30-32,34H2,1-3H3,(H,63,73)(H,64,65)(H3,58,59,74)/t46-,47-/m0/s1. The van der Waals surface area contributed by atoms with Crippen molar-refractivity contribution in [1.82, 2.24) is 45.0 Å². The Morgan fingerprint density at radius 2 is 1.66 bits per heavy atom. The third kappa shape index (κ3) is 14.2. The lowest BCUT2D eigenvalue weighted by Crippen LogP contribution is -2.46. The number of hydrogen-bond acceptors (Lipinski definition) is 12. The number of benzene rings is 3. The molecule has 19 heteroatoms. The number of carbonyl (C=O) groups is 7. The number of unbranched alkanes of at least 4 members (excludes halogenated alkanes) is 2. The van der Waals surface area contributed by atoms with E-state index in [1.54, 1.807) is 33.7 Å². The number of nitrogens with zero attached hydrogens (tertiary/aromatic N) is 6. The Labute approximate surface area is 441 Å². The summed E-state index contributed by atoms with van der Waals surface area (Å²) >= 11 is 0. The van der Waals surface area contributed by atoms with Crippen LogP contribution in [0.5, 0.6) is 0 Å². The first kappa shape index (κ1) is 53.8. The highest BCUT2D eigenvalue weighted by atomic mass is 16.6. The molecule has 396 valence electrons. The van der Waals surface area contributed by atoms with Gasteiger partial charge in [0.2, 0.25) is 5.91 Å². The number of ether oxygens (including phenoxy) is 1. The summed E-state index contributed by atoms with van der Waals surface area (Å²) in [7, 11) is 0. The molecule has 0 radical (unpaired) electrons. The Morgan fingerprint density at radius 1 is 0.868 bits per heavy atom. The van der Waals surface area contributed by atoms with E-state index in [0.29, 0.717) is 57.3 Å². The van der Waals surface area contributed by atoms with E-state index in [2.05, 4.69) is 68.3 Å². The summed E-state index contributed by atoms with van der Waals surface area (Å²) in [5.74, 6) is -1.51. The predicted molar refractivity (Wildman–Crippen MR) is 285 cm³/mol. The van der Waals surface area contributed by atoms with Crippen LogP contribution in [0.1, 0.15) is 92.4 Å². The van der Waals surface area contributed by atoms with Gasteiger partial charge in [0.15, 0.2) is 11.4 Å². The molecule has 3 aromatic heterocycles. The second kappa shape index (κ2) is 25.2. The molecule has 6 amide bonds. The Hall–Kier alpha value is -8.48. The Balaban J connectivity index is 0.818. The molecule has 3 aromatic carbocycles. The highest BCUT2D eigenvalue weighted by Crippen LogP contribution is 2.32. The Kier molecular flexibility index (Phi) is 17.8. The zero-order valence-electron chi connectivity index (χ0n) is 43.2. The van der Waals surface area contributed by atoms with Crippen LogP contribution in [0, 0.1) is 18.8 Å². The summed E-state index contributed by atoms with van der Waals surface area (Å²) in [5.41, 5.74) is 15.3. The number of urea groups is 1. The molecule has 0 saturated carbocycles. The van der Waals surface area contributed by atoms with Gasteiger partial charge in [-0.15, -0.1) is 0 Å². The number of fused-ring (bicyclic) bond motifs is 2. The molecule has 0 saturated heterocycles. The third-order valence-electron chi connectivity index (χ3n) is 13.8. The first-order valence-electron chi connectivity index (χ1n) is 25.9. The van der Waals surface area contributed by atoms with Gasteiger partial charge < -0.3 is 36.3 Å². The maximum atomic E-state index is 13.8. The fraction of sp³-hybridized carbons (Fsp3) is 0.368. The topological polar surface area (TPSA) is 256 Å². The first-order chi connectivity index (χ1) is 36.7. The summed E-state index contributed by atoms with van der Waals surface area (Å²) < 4.78 is 7.51. The fourth-order valence-electron chi connectivity index (χ4n) is 9.51. The number of nitrogens with one attached hydrogen (secondary N) is 4. The molecule has 6 aromatic rings. The van der Waals surface area contributed by atoms with Crippen LogP contribution in [-0.2, 0) is 61.2 Å². The van der Waals surface area contributed by atoms with Crippen LogP contribution in [0.25, 0.3) is 28.2 Å². The number of primary amides is 1. The Bertz CT molecular complexity index is 3110. The molecule has 0 aliphatic carbocycles. The number of anilines is 1. The average molecular weight is 1030 g/mol. The van der Waals surface area contributed by atoms with Gasteiger partial charge in [0.25, 0.3) is 11.8 Å². The molecular weight excluding hydrogens is 967 g/mol. The molecule has 0 unspecified atom stereocenters. The lowest BCUT2D eigenvalue weighted by Gasteiger charge is -2.28. The normalized spacial score (nSPS) is 13.9. The smallest absolute Gasteiger partial charge is 0.410 e. The maximum absolute atomic E-state index is 13.8. The van der Waals surface area contributed by atoms with Crippen LogP contribution in [-0.4, -0.2) is 101 Å². The molecule has 8 rings (SSSR count). The van der Waals surface area contributed by atoms with Crippen molar-refractivity contribution < 1.29 is 38.3 Å². The predicted octanol–water partition coefficient (Wildman–Crippen LogP) is 7.16. The average Bonchev–Trinajstić information content (AvgIpc) is 4.18. The van der Waals surface area contributed by atoms with Gasteiger partial charge in [-0.1, -0.05) is 74.4 Å². The summed E-state index contributed by atoms with van der Waals surface area (Å²) in [4.78, 5) is 105. The number of imidazole rings is 1. The largest absolute Gasteiger partial charge is 0.445 e. The zero-order chi connectivity index (χ0) is 53.7. The summed E-state index contributed by atoms with van der Waals surface area (Å²) in [6.07, 6.45) is 8.80. The number of amides is 6. The summed E-state index contributed by atoms with van der Waals surface area (Å²) in [5, 5.41) is 13.3. The van der Waals surface area contributed by atoms with E-state index in [0.717, 1.165) is 61.9 Å². The van der Waals surface area contributed by atoms with E-state index in [-0.39, 0.29) is 74.7 Å². The Morgan fingerprint density at radius 3 is 2.42 bits per heavy atom. The van der Waals surface area contributed by atoms with Crippen LogP contribution >= 0.6 is 0 Å². The van der Waals surface area contributed by atoms with E-state index in [4.69, 9.17) is 15.5 Å². The number of ketones is 2. The van der Waals surface area contributed by atoms with E-state index >= 15 is 0 Å². The van der Waals surface area contributed by atoms with Crippen LogP contribution < -0.4 is 21.7 Å². The van der Waals surface area contributed by atoms with Gasteiger partial charge >= 0.3 is 12.1 Å². The number of H-pyrrole nitrogens is 1. The molecule has 19 nitrogen and oxygen atoms in total. The second-order valence-electron chi connectivity index (χ2n) is 19.8. The van der Waals surface area contributed by atoms with Gasteiger partial charge in [-0.3, -0.25) is 28.9 Å². The summed E-state index contributed by atoms with van der Waals surface area (Å²) in [6, 6.07) is 24.0. The van der Waals surface area contributed by atoms with Gasteiger partial charge in [0.05, 0.1) is 24.0 Å². The maximum Gasteiger partial charge on any atom is 0.410 e. The van der Waals surface area contributed by atoms with Crippen molar-refractivity contribution >= 4 is 52.7 Å². The molecule has 6 N–H and O–H groups in total. The minimum absolute atomic E-state index is 0.00664. The SMILES string of the molecule is Cc1cccc(-c2[nH]c(CNc3ccc4c(c3)CN(C(=O)OCc3ccc(CC(=O)[C@H](CCCNC(N)=O)NC(=O)[C@@H](CC(=O)CCCCCN5C(=O)C=CC5=O)C(C)C)cc3)CC4)nc2-c2ccc3ncnn3c2)c1. The number of hydrogen-bond donors (Lipinski definition) is 5. The van der Waals surface area contributed by atoms with E-state index in [1.165, 1.54) is 23.4 Å². The van der Waals surface area contributed by atoms with Gasteiger partial charge in [0, 0.05) is 86.5 Å². The number of aromatic amines is 1. The molecule has 5 heterocycles. The van der Waals surface area contributed by atoms with Crippen molar-refractivity contribution in [2.75, 3.05) is 25.0 Å². The van der Waals surface area contributed by atoms with Gasteiger partial charge in [0.1, 0.15) is 24.5 Å². The van der Waals surface area contributed by atoms with E-state index < -0.39 is 30.0 Å². The number of nitrogens with two attached hydrogens (primary N) is 1. The number of imide groups is 1. The highest BCUT2D eigenvalue weighted by molar-refractivity contribution is 6.12. The van der Waals surface area contributed by atoms with Crippen molar-refractivity contribution in [2.45, 2.75) is 104 Å².